The van der Waals surface area contributed by atoms with Crippen LogP contribution in [0.2, 0.25) is 0 Å². The minimum atomic E-state index is 0.0673. The zero-order chi connectivity index (χ0) is 18.1. The van der Waals surface area contributed by atoms with Crippen molar-refractivity contribution >= 4 is 11.8 Å². The third kappa shape index (κ3) is 3.37. The van der Waals surface area contributed by atoms with Crippen LogP contribution in [0.1, 0.15) is 44.1 Å². The molecular formula is C20H26N2O4. The summed E-state index contributed by atoms with van der Waals surface area (Å²) < 4.78 is 10.8. The molecule has 2 atom stereocenters. The van der Waals surface area contributed by atoms with Crippen LogP contribution in [0.25, 0.3) is 0 Å². The zero-order valence-corrected chi connectivity index (χ0v) is 15.3. The second kappa shape index (κ2) is 7.17. The summed E-state index contributed by atoms with van der Waals surface area (Å²) >= 11 is 0. The molecule has 3 aliphatic rings. The van der Waals surface area contributed by atoms with Gasteiger partial charge in [-0.05, 0) is 36.5 Å². The Morgan fingerprint density at radius 1 is 1.08 bits per heavy atom. The molecule has 0 aromatic heterocycles. The van der Waals surface area contributed by atoms with Crippen LogP contribution < -0.4 is 9.47 Å². The molecule has 2 fully saturated rings. The molecule has 2 amide bonds. The summed E-state index contributed by atoms with van der Waals surface area (Å²) in [5, 5.41) is 0. The molecule has 1 saturated heterocycles. The van der Waals surface area contributed by atoms with E-state index in [4.69, 9.17) is 9.47 Å². The molecule has 0 radical (unpaired) electrons. The third-order valence-corrected chi connectivity index (χ3v) is 5.62. The molecule has 0 N–H and O–H groups in total. The molecule has 1 saturated carbocycles. The van der Waals surface area contributed by atoms with Gasteiger partial charge in [0, 0.05) is 38.5 Å². The summed E-state index contributed by atoms with van der Waals surface area (Å²) in [4.78, 5) is 28.7. The fraction of sp³-hybridized carbons (Fsp3) is 0.600. The van der Waals surface area contributed by atoms with E-state index in [2.05, 4.69) is 6.92 Å². The maximum absolute atomic E-state index is 12.8. The Morgan fingerprint density at radius 2 is 1.81 bits per heavy atom. The van der Waals surface area contributed by atoms with Crippen LogP contribution in [0.15, 0.2) is 18.2 Å². The highest BCUT2D eigenvalue weighted by Gasteiger charge is 2.46. The first-order chi connectivity index (χ1) is 12.7. The molecular weight excluding hydrogens is 332 g/mol. The number of nitrogens with zero attached hydrogens (tertiary/aromatic N) is 2. The number of benzene rings is 1. The molecule has 6 nitrogen and oxygen atoms in total. The molecule has 26 heavy (non-hydrogen) atoms. The smallest absolute Gasteiger partial charge is 0.231 e. The van der Waals surface area contributed by atoms with E-state index in [-0.39, 0.29) is 30.4 Å². The summed E-state index contributed by atoms with van der Waals surface area (Å²) in [6.07, 6.45) is 3.50. The maximum Gasteiger partial charge on any atom is 0.231 e. The summed E-state index contributed by atoms with van der Waals surface area (Å²) in [6, 6.07) is 5.97. The van der Waals surface area contributed by atoms with Crippen LogP contribution >= 0.6 is 0 Å². The van der Waals surface area contributed by atoms with Gasteiger partial charge in [-0.1, -0.05) is 19.4 Å². The number of unbranched alkanes of at least 4 members (excludes halogenated alkanes) is 1. The van der Waals surface area contributed by atoms with Gasteiger partial charge in [-0.2, -0.15) is 0 Å². The summed E-state index contributed by atoms with van der Waals surface area (Å²) in [5.74, 6) is 2.36. The van der Waals surface area contributed by atoms with Crippen LogP contribution in [-0.2, 0) is 9.59 Å². The topological polar surface area (TPSA) is 59.1 Å². The lowest BCUT2D eigenvalue weighted by molar-refractivity contribution is -0.140. The van der Waals surface area contributed by atoms with Gasteiger partial charge in [0.25, 0.3) is 0 Å². The first kappa shape index (κ1) is 17.2. The molecule has 2 unspecified atom stereocenters. The Balaban J connectivity index is 1.29. The number of fused-ring (bicyclic) bond motifs is 1. The normalized spacial score (nSPS) is 23.9. The quantitative estimate of drug-likeness (QED) is 0.811. The first-order valence-corrected chi connectivity index (χ1v) is 9.63. The Bertz CT molecular complexity index is 697. The van der Waals surface area contributed by atoms with Crippen molar-refractivity contribution in [3.8, 4) is 11.5 Å². The lowest BCUT2D eigenvalue weighted by Gasteiger charge is -2.35. The third-order valence-electron chi connectivity index (χ3n) is 5.62. The number of hydrogen-bond acceptors (Lipinski definition) is 4. The van der Waals surface area contributed by atoms with Crippen molar-refractivity contribution in [3.63, 3.8) is 0 Å². The molecule has 1 aliphatic carbocycles. The zero-order valence-electron chi connectivity index (χ0n) is 15.3. The highest BCUT2D eigenvalue weighted by Crippen LogP contribution is 2.50. The van der Waals surface area contributed by atoms with Gasteiger partial charge in [-0.3, -0.25) is 9.59 Å². The molecule has 1 aromatic rings. The van der Waals surface area contributed by atoms with Crippen LogP contribution in [-0.4, -0.2) is 54.6 Å². The van der Waals surface area contributed by atoms with E-state index in [0.717, 1.165) is 36.3 Å². The second-order valence-electron chi connectivity index (χ2n) is 7.37. The molecule has 4 rings (SSSR count). The standard InChI is InChI=1S/C20H26N2O4/c1-2-3-4-19(23)21-7-9-22(10-8-21)20(24)16-12-15(16)14-5-6-17-18(11-14)26-13-25-17/h5-6,11,15-16H,2-4,7-10,12-13H2,1H3. The summed E-state index contributed by atoms with van der Waals surface area (Å²) in [6.45, 7) is 5.00. The fourth-order valence-corrected chi connectivity index (χ4v) is 3.88. The van der Waals surface area contributed by atoms with Gasteiger partial charge in [0.2, 0.25) is 18.6 Å². The highest BCUT2D eigenvalue weighted by molar-refractivity contribution is 5.83. The van der Waals surface area contributed by atoms with Crippen molar-refractivity contribution in [3.05, 3.63) is 23.8 Å². The average molecular weight is 358 g/mol. The lowest BCUT2D eigenvalue weighted by atomic mass is 10.1. The Morgan fingerprint density at radius 3 is 2.58 bits per heavy atom. The number of carbonyl (C=O) groups is 2. The number of hydrogen-bond donors (Lipinski definition) is 0. The lowest BCUT2D eigenvalue weighted by Crippen LogP contribution is -2.51. The number of amides is 2. The van der Waals surface area contributed by atoms with Crippen molar-refractivity contribution in [2.45, 2.75) is 38.5 Å². The van der Waals surface area contributed by atoms with E-state index < -0.39 is 0 Å². The molecule has 140 valence electrons. The van der Waals surface area contributed by atoms with Crippen LogP contribution in [0.5, 0.6) is 11.5 Å². The summed E-state index contributed by atoms with van der Waals surface area (Å²) in [5.41, 5.74) is 1.15. The van der Waals surface area contributed by atoms with Gasteiger partial charge in [0.15, 0.2) is 11.5 Å². The van der Waals surface area contributed by atoms with Crippen molar-refractivity contribution in [2.24, 2.45) is 5.92 Å². The molecule has 0 bridgehead atoms. The molecule has 6 heteroatoms. The van der Waals surface area contributed by atoms with Crippen molar-refractivity contribution < 1.29 is 19.1 Å². The fourth-order valence-electron chi connectivity index (χ4n) is 3.88. The predicted molar refractivity (Wildman–Crippen MR) is 96.1 cm³/mol. The van der Waals surface area contributed by atoms with E-state index >= 15 is 0 Å². The number of rotatable bonds is 5. The van der Waals surface area contributed by atoms with Crippen LogP contribution in [0.3, 0.4) is 0 Å². The van der Waals surface area contributed by atoms with Gasteiger partial charge in [-0.15, -0.1) is 0 Å². The average Bonchev–Trinajstić information content (AvgIpc) is 3.34. The monoisotopic (exact) mass is 358 g/mol. The largest absolute Gasteiger partial charge is 0.454 e. The molecule has 2 aliphatic heterocycles. The number of piperazine rings is 1. The molecule has 0 spiro atoms. The number of carbonyl (C=O) groups excluding carboxylic acids is 2. The molecule has 1 aromatic carbocycles. The minimum absolute atomic E-state index is 0.0673. The van der Waals surface area contributed by atoms with Gasteiger partial charge in [0.05, 0.1) is 0 Å². The van der Waals surface area contributed by atoms with Gasteiger partial charge in [-0.25, -0.2) is 0 Å². The van der Waals surface area contributed by atoms with E-state index in [1.165, 1.54) is 0 Å². The van der Waals surface area contributed by atoms with Gasteiger partial charge >= 0.3 is 0 Å². The number of ether oxygens (including phenoxy) is 2. The molecule has 2 heterocycles. The van der Waals surface area contributed by atoms with Gasteiger partial charge in [0.1, 0.15) is 0 Å². The van der Waals surface area contributed by atoms with E-state index in [1.54, 1.807) is 0 Å². The minimum Gasteiger partial charge on any atom is -0.454 e. The second-order valence-corrected chi connectivity index (χ2v) is 7.37. The Kier molecular flexibility index (Phi) is 4.74. The highest BCUT2D eigenvalue weighted by atomic mass is 16.7. The van der Waals surface area contributed by atoms with Gasteiger partial charge < -0.3 is 19.3 Å². The van der Waals surface area contributed by atoms with Crippen LogP contribution in [0, 0.1) is 5.92 Å². The summed E-state index contributed by atoms with van der Waals surface area (Å²) in [7, 11) is 0. The predicted octanol–water partition coefficient (Wildman–Crippen LogP) is 2.38. The van der Waals surface area contributed by atoms with Crippen molar-refractivity contribution in [1.29, 1.82) is 0 Å². The van der Waals surface area contributed by atoms with E-state index in [0.29, 0.717) is 32.6 Å². The first-order valence-electron chi connectivity index (χ1n) is 9.63. The SMILES string of the molecule is CCCCC(=O)N1CCN(C(=O)C2CC2c2ccc3c(c2)OCO3)CC1. The van der Waals surface area contributed by atoms with Crippen molar-refractivity contribution in [1.82, 2.24) is 9.80 Å². The Hall–Kier alpha value is -2.24. The Labute approximate surface area is 154 Å². The van der Waals surface area contributed by atoms with E-state index in [1.807, 2.05) is 28.0 Å². The van der Waals surface area contributed by atoms with Crippen molar-refractivity contribution in [2.75, 3.05) is 33.0 Å². The maximum atomic E-state index is 12.8. The van der Waals surface area contributed by atoms with E-state index in [9.17, 15) is 9.59 Å². The van der Waals surface area contributed by atoms with Crippen LogP contribution in [0.4, 0.5) is 0 Å².